The first kappa shape index (κ1) is 9.85. The molecule has 0 saturated carbocycles. The Balaban J connectivity index is 2.31. The van der Waals surface area contributed by atoms with E-state index < -0.39 is 24.5 Å². The van der Waals surface area contributed by atoms with Crippen molar-refractivity contribution in [1.82, 2.24) is 10.6 Å². The predicted octanol–water partition coefficient (Wildman–Crippen LogP) is -0.988. The number of thioether (sulfide) groups is 1. The summed E-state index contributed by atoms with van der Waals surface area (Å²) in [6, 6.07) is -0.600. The molecule has 1 aliphatic rings. The number of hydrogen-bond donors (Lipinski definition) is 3. The van der Waals surface area contributed by atoms with E-state index >= 15 is 0 Å². The van der Waals surface area contributed by atoms with Gasteiger partial charge in [0.25, 0.3) is 5.24 Å². The van der Waals surface area contributed by atoms with Crippen molar-refractivity contribution in [3.63, 3.8) is 0 Å². The van der Waals surface area contributed by atoms with Gasteiger partial charge in [-0.25, -0.2) is 0 Å². The molecule has 6 nitrogen and oxygen atoms in total. The summed E-state index contributed by atoms with van der Waals surface area (Å²) in [6.07, 6.45) is 0. The number of nitrogens with one attached hydrogen (secondary N) is 2. The van der Waals surface area contributed by atoms with Gasteiger partial charge in [0.2, 0.25) is 5.91 Å². The number of amides is 2. The molecule has 1 fully saturated rings. The number of carbonyl (C=O) groups excluding carboxylic acids is 2. The summed E-state index contributed by atoms with van der Waals surface area (Å²) in [5, 5.41) is 12.6. The molecule has 1 saturated heterocycles. The Labute approximate surface area is 78.1 Å². The third-order valence-electron chi connectivity index (χ3n) is 1.40. The van der Waals surface area contributed by atoms with Crippen LogP contribution in [0.4, 0.5) is 4.79 Å². The molecule has 0 aromatic rings. The van der Waals surface area contributed by atoms with Crippen molar-refractivity contribution < 1.29 is 19.5 Å². The van der Waals surface area contributed by atoms with Crippen LogP contribution in [0.3, 0.4) is 0 Å². The lowest BCUT2D eigenvalue weighted by molar-refractivity contribution is -0.138. The number of hydrogen-bond acceptors (Lipinski definition) is 4. The molecule has 0 spiro atoms. The van der Waals surface area contributed by atoms with E-state index in [1.54, 1.807) is 0 Å². The maximum absolute atomic E-state index is 11.1. The molecule has 0 radical (unpaired) electrons. The fourth-order valence-electron chi connectivity index (χ4n) is 0.812. The third kappa shape index (κ3) is 2.94. The van der Waals surface area contributed by atoms with Gasteiger partial charge in [-0.2, -0.15) is 0 Å². The zero-order valence-electron chi connectivity index (χ0n) is 6.57. The van der Waals surface area contributed by atoms with Crippen LogP contribution in [0.15, 0.2) is 0 Å². The number of carboxylic acid groups (broad SMARTS) is 1. The highest BCUT2D eigenvalue weighted by Crippen LogP contribution is 2.12. The van der Waals surface area contributed by atoms with Crippen molar-refractivity contribution in [2.75, 3.05) is 12.3 Å². The lowest BCUT2D eigenvalue weighted by Gasteiger charge is -2.07. The van der Waals surface area contributed by atoms with Crippen LogP contribution in [0.2, 0.25) is 0 Å². The zero-order chi connectivity index (χ0) is 9.84. The molecule has 0 unspecified atom stereocenters. The van der Waals surface area contributed by atoms with Crippen molar-refractivity contribution in [3.8, 4) is 0 Å². The Morgan fingerprint density at radius 1 is 1.69 bits per heavy atom. The lowest BCUT2D eigenvalue weighted by atomic mass is 10.3. The maximum atomic E-state index is 11.1. The molecule has 0 aliphatic carbocycles. The van der Waals surface area contributed by atoms with Gasteiger partial charge < -0.3 is 15.7 Å². The van der Waals surface area contributed by atoms with Crippen LogP contribution >= 0.6 is 11.8 Å². The number of carbonyl (C=O) groups is 3. The zero-order valence-corrected chi connectivity index (χ0v) is 7.39. The minimum absolute atomic E-state index is 0.254. The molecule has 0 aromatic heterocycles. The van der Waals surface area contributed by atoms with Gasteiger partial charge >= 0.3 is 5.97 Å². The average Bonchev–Trinajstić information content (AvgIpc) is 2.47. The van der Waals surface area contributed by atoms with Gasteiger partial charge in [-0.1, -0.05) is 11.8 Å². The summed E-state index contributed by atoms with van der Waals surface area (Å²) < 4.78 is 0. The summed E-state index contributed by atoms with van der Waals surface area (Å²) in [5.74, 6) is -1.21. The lowest BCUT2D eigenvalue weighted by Crippen LogP contribution is -2.44. The number of aliphatic carboxylic acids is 1. The van der Waals surface area contributed by atoms with E-state index in [9.17, 15) is 14.4 Å². The highest BCUT2D eigenvalue weighted by atomic mass is 32.2. The molecule has 1 aliphatic heterocycles. The molecule has 2 amide bonds. The summed E-state index contributed by atoms with van der Waals surface area (Å²) >= 11 is 1.01. The summed E-state index contributed by atoms with van der Waals surface area (Å²) in [5.41, 5.74) is 0. The van der Waals surface area contributed by atoms with Crippen LogP contribution in [0.25, 0.3) is 0 Å². The van der Waals surface area contributed by atoms with Gasteiger partial charge in [-0.3, -0.25) is 14.4 Å². The average molecular weight is 204 g/mol. The molecule has 7 heteroatoms. The van der Waals surface area contributed by atoms with Crippen LogP contribution in [-0.2, 0) is 9.59 Å². The van der Waals surface area contributed by atoms with E-state index in [0.717, 1.165) is 11.8 Å². The quantitative estimate of drug-likeness (QED) is 0.548. The molecule has 3 N–H and O–H groups in total. The monoisotopic (exact) mass is 204 g/mol. The molecule has 1 rings (SSSR count). The fourth-order valence-corrected chi connectivity index (χ4v) is 1.59. The summed E-state index contributed by atoms with van der Waals surface area (Å²) in [7, 11) is 0. The Morgan fingerprint density at radius 2 is 2.38 bits per heavy atom. The van der Waals surface area contributed by atoms with Gasteiger partial charge in [-0.15, -0.1) is 0 Å². The molecule has 0 aromatic carbocycles. The van der Waals surface area contributed by atoms with Gasteiger partial charge in [0.15, 0.2) is 0 Å². The summed E-state index contributed by atoms with van der Waals surface area (Å²) in [6.45, 7) is -0.421. The van der Waals surface area contributed by atoms with E-state index in [2.05, 4.69) is 10.6 Å². The SMILES string of the molecule is O=C(O)CNC(=O)[C@@H]1CSC(=O)N1. The molecule has 72 valence electrons. The van der Waals surface area contributed by atoms with Gasteiger partial charge in [0, 0.05) is 5.75 Å². The largest absolute Gasteiger partial charge is 0.480 e. The topological polar surface area (TPSA) is 95.5 Å². The first-order chi connectivity index (χ1) is 6.09. The van der Waals surface area contributed by atoms with Gasteiger partial charge in [0.1, 0.15) is 12.6 Å². The van der Waals surface area contributed by atoms with Crippen LogP contribution < -0.4 is 10.6 Å². The minimum atomic E-state index is -1.11. The fraction of sp³-hybridized carbons (Fsp3) is 0.500. The van der Waals surface area contributed by atoms with E-state index in [-0.39, 0.29) is 5.24 Å². The standard InChI is InChI=1S/C6H8N2O4S/c9-4(10)1-7-5(11)3-2-13-6(12)8-3/h3H,1-2H2,(H,7,11)(H,8,12)(H,9,10)/t3-/m0/s1. The first-order valence-electron chi connectivity index (χ1n) is 3.52. The van der Waals surface area contributed by atoms with Crippen LogP contribution in [-0.4, -0.2) is 40.6 Å². The van der Waals surface area contributed by atoms with E-state index in [0.29, 0.717) is 5.75 Å². The molecule has 13 heavy (non-hydrogen) atoms. The van der Waals surface area contributed by atoms with Crippen LogP contribution in [0, 0.1) is 0 Å². The predicted molar refractivity (Wildman–Crippen MR) is 45.4 cm³/mol. The smallest absolute Gasteiger partial charge is 0.322 e. The Bertz CT molecular complexity index is 255. The number of rotatable bonds is 3. The number of carboxylic acids is 1. The van der Waals surface area contributed by atoms with Crippen molar-refractivity contribution in [1.29, 1.82) is 0 Å². The Morgan fingerprint density at radius 3 is 2.85 bits per heavy atom. The second-order valence-electron chi connectivity index (χ2n) is 2.41. The van der Waals surface area contributed by atoms with Crippen molar-refractivity contribution >= 4 is 28.9 Å². The van der Waals surface area contributed by atoms with Crippen molar-refractivity contribution in [2.24, 2.45) is 0 Å². The Kier molecular flexibility index (Phi) is 3.13. The molecular formula is C6H8N2O4S. The molecule has 1 heterocycles. The Hall–Kier alpha value is -1.24. The third-order valence-corrected chi connectivity index (χ3v) is 2.28. The minimum Gasteiger partial charge on any atom is -0.480 e. The summed E-state index contributed by atoms with van der Waals surface area (Å²) in [4.78, 5) is 31.8. The van der Waals surface area contributed by atoms with Gasteiger partial charge in [0.05, 0.1) is 0 Å². The van der Waals surface area contributed by atoms with Crippen LogP contribution in [0.1, 0.15) is 0 Å². The molecule has 0 bridgehead atoms. The maximum Gasteiger partial charge on any atom is 0.322 e. The second kappa shape index (κ2) is 4.13. The second-order valence-corrected chi connectivity index (χ2v) is 3.40. The van der Waals surface area contributed by atoms with E-state index in [1.165, 1.54) is 0 Å². The van der Waals surface area contributed by atoms with E-state index in [1.807, 2.05) is 0 Å². The van der Waals surface area contributed by atoms with Gasteiger partial charge in [-0.05, 0) is 0 Å². The first-order valence-corrected chi connectivity index (χ1v) is 4.51. The molecular weight excluding hydrogens is 196 g/mol. The van der Waals surface area contributed by atoms with E-state index in [4.69, 9.17) is 5.11 Å². The molecule has 1 atom stereocenters. The highest BCUT2D eigenvalue weighted by Gasteiger charge is 2.27. The van der Waals surface area contributed by atoms with Crippen LogP contribution in [0.5, 0.6) is 0 Å². The van der Waals surface area contributed by atoms with Crippen molar-refractivity contribution in [3.05, 3.63) is 0 Å². The normalized spacial score (nSPS) is 20.9. The van der Waals surface area contributed by atoms with Crippen molar-refractivity contribution in [2.45, 2.75) is 6.04 Å². The highest BCUT2D eigenvalue weighted by molar-refractivity contribution is 8.14.